The van der Waals surface area contributed by atoms with Crippen molar-refractivity contribution < 1.29 is 23.0 Å². The van der Waals surface area contributed by atoms with Gasteiger partial charge in [0.1, 0.15) is 6.61 Å². The molecule has 0 saturated heterocycles. The second-order valence-corrected chi connectivity index (χ2v) is 6.03. The highest BCUT2D eigenvalue weighted by atomic mass is 19.2. The van der Waals surface area contributed by atoms with E-state index in [2.05, 4.69) is 10.4 Å². The molecule has 0 fully saturated rings. The minimum atomic E-state index is -1.08. The van der Waals surface area contributed by atoms with E-state index in [1.165, 1.54) is 12.3 Å². The SMILES string of the molecule is O=C(Nc1cnn(C[C@H]2COc3ccccc3O2)c1)c1ccc(F)c(F)c1. The first kappa shape index (κ1) is 17.0. The molecule has 3 aromatic rings. The topological polar surface area (TPSA) is 65.4 Å². The number of hydrogen-bond acceptors (Lipinski definition) is 4. The fourth-order valence-corrected chi connectivity index (χ4v) is 2.73. The maximum atomic E-state index is 13.3. The second kappa shape index (κ2) is 7.06. The fraction of sp³-hybridized carbons (Fsp3) is 0.158. The quantitative estimate of drug-likeness (QED) is 0.765. The number of amides is 1. The summed E-state index contributed by atoms with van der Waals surface area (Å²) < 4.78 is 39.4. The molecule has 0 unspecified atom stereocenters. The van der Waals surface area contributed by atoms with Crippen molar-refractivity contribution in [3.63, 3.8) is 0 Å². The summed E-state index contributed by atoms with van der Waals surface area (Å²) >= 11 is 0. The molecule has 0 bridgehead atoms. The zero-order valence-corrected chi connectivity index (χ0v) is 14.1. The van der Waals surface area contributed by atoms with E-state index in [1.54, 1.807) is 10.9 Å². The molecule has 138 valence electrons. The van der Waals surface area contributed by atoms with Crippen molar-refractivity contribution in [2.24, 2.45) is 0 Å². The predicted octanol–water partition coefficient (Wildman–Crippen LogP) is 3.25. The lowest BCUT2D eigenvalue weighted by molar-refractivity contribution is 0.0759. The Kier molecular flexibility index (Phi) is 4.45. The summed E-state index contributed by atoms with van der Waals surface area (Å²) in [6.07, 6.45) is 2.87. The van der Waals surface area contributed by atoms with Crippen LogP contribution >= 0.6 is 0 Å². The van der Waals surface area contributed by atoms with Gasteiger partial charge in [-0.15, -0.1) is 0 Å². The van der Waals surface area contributed by atoms with Gasteiger partial charge in [0.05, 0.1) is 18.4 Å². The van der Waals surface area contributed by atoms with E-state index in [4.69, 9.17) is 9.47 Å². The van der Waals surface area contributed by atoms with Crippen LogP contribution in [0.1, 0.15) is 10.4 Å². The normalized spacial score (nSPS) is 15.4. The van der Waals surface area contributed by atoms with Gasteiger partial charge in [-0.25, -0.2) is 8.78 Å². The highest BCUT2D eigenvalue weighted by Crippen LogP contribution is 2.31. The highest BCUT2D eigenvalue weighted by Gasteiger charge is 2.21. The maximum absolute atomic E-state index is 13.3. The van der Waals surface area contributed by atoms with Gasteiger partial charge in [-0.05, 0) is 30.3 Å². The zero-order chi connectivity index (χ0) is 18.8. The van der Waals surface area contributed by atoms with E-state index in [9.17, 15) is 13.6 Å². The molecule has 1 aliphatic rings. The first-order valence-corrected chi connectivity index (χ1v) is 8.26. The number of para-hydroxylation sites is 2. The van der Waals surface area contributed by atoms with E-state index in [-0.39, 0.29) is 11.7 Å². The molecule has 1 amide bonds. The van der Waals surface area contributed by atoms with Gasteiger partial charge in [0.15, 0.2) is 29.2 Å². The molecule has 0 aliphatic carbocycles. The number of benzene rings is 2. The highest BCUT2D eigenvalue weighted by molar-refractivity contribution is 6.04. The van der Waals surface area contributed by atoms with Crippen LogP contribution in [0.4, 0.5) is 14.5 Å². The van der Waals surface area contributed by atoms with Crippen LogP contribution < -0.4 is 14.8 Å². The largest absolute Gasteiger partial charge is 0.486 e. The van der Waals surface area contributed by atoms with E-state index >= 15 is 0 Å². The molecule has 2 aromatic carbocycles. The molecule has 1 atom stereocenters. The lowest BCUT2D eigenvalue weighted by atomic mass is 10.2. The number of hydrogen-bond donors (Lipinski definition) is 1. The molecular weight excluding hydrogens is 356 g/mol. The van der Waals surface area contributed by atoms with Gasteiger partial charge in [0.25, 0.3) is 5.91 Å². The summed E-state index contributed by atoms with van der Waals surface area (Å²) in [5.41, 5.74) is 0.448. The number of nitrogens with one attached hydrogen (secondary N) is 1. The van der Waals surface area contributed by atoms with E-state index in [0.29, 0.717) is 30.3 Å². The van der Waals surface area contributed by atoms with E-state index < -0.39 is 17.5 Å². The van der Waals surface area contributed by atoms with Crippen LogP contribution in [-0.2, 0) is 6.54 Å². The standard InChI is InChI=1S/C19H15F2N3O3/c20-15-6-5-12(7-16(15)21)19(25)23-13-8-22-24(9-13)10-14-11-26-17-3-1-2-4-18(17)27-14/h1-9,14H,10-11H2,(H,23,25)/t14-/m0/s1. The average Bonchev–Trinajstić information content (AvgIpc) is 3.10. The molecule has 2 heterocycles. The summed E-state index contributed by atoms with van der Waals surface area (Å²) in [6.45, 7) is 0.808. The van der Waals surface area contributed by atoms with Gasteiger partial charge in [-0.1, -0.05) is 12.1 Å². The van der Waals surface area contributed by atoms with Gasteiger partial charge in [-0.2, -0.15) is 5.10 Å². The van der Waals surface area contributed by atoms with Crippen molar-refractivity contribution >= 4 is 11.6 Å². The van der Waals surface area contributed by atoms with Crippen molar-refractivity contribution in [2.45, 2.75) is 12.6 Å². The Morgan fingerprint density at radius 1 is 1.19 bits per heavy atom. The van der Waals surface area contributed by atoms with Crippen molar-refractivity contribution in [2.75, 3.05) is 11.9 Å². The Balaban J connectivity index is 1.39. The van der Waals surface area contributed by atoms with Crippen LogP contribution in [0.3, 0.4) is 0 Å². The number of halogens is 2. The lowest BCUT2D eigenvalue weighted by Crippen LogP contribution is -2.33. The monoisotopic (exact) mass is 371 g/mol. The molecule has 6 nitrogen and oxygen atoms in total. The smallest absolute Gasteiger partial charge is 0.255 e. The Labute approximate surface area is 153 Å². The summed E-state index contributed by atoms with van der Waals surface area (Å²) in [6, 6.07) is 10.4. The first-order valence-electron chi connectivity index (χ1n) is 8.26. The molecule has 0 saturated carbocycles. The molecule has 0 spiro atoms. The Morgan fingerprint density at radius 3 is 2.81 bits per heavy atom. The zero-order valence-electron chi connectivity index (χ0n) is 14.1. The number of carbonyl (C=O) groups is 1. The average molecular weight is 371 g/mol. The third-order valence-corrected chi connectivity index (χ3v) is 4.03. The van der Waals surface area contributed by atoms with Crippen LogP contribution in [0.5, 0.6) is 11.5 Å². The van der Waals surface area contributed by atoms with Crippen molar-refractivity contribution in [1.29, 1.82) is 0 Å². The van der Waals surface area contributed by atoms with Gasteiger partial charge in [-0.3, -0.25) is 9.48 Å². The van der Waals surface area contributed by atoms with Crippen molar-refractivity contribution in [1.82, 2.24) is 9.78 Å². The molecule has 8 heteroatoms. The van der Waals surface area contributed by atoms with Crippen molar-refractivity contribution in [3.8, 4) is 11.5 Å². The molecule has 1 aliphatic heterocycles. The summed E-state index contributed by atoms with van der Waals surface area (Å²) in [7, 11) is 0. The van der Waals surface area contributed by atoms with Gasteiger partial charge in [0.2, 0.25) is 0 Å². The van der Waals surface area contributed by atoms with Gasteiger partial charge in [0, 0.05) is 11.8 Å². The van der Waals surface area contributed by atoms with Crippen molar-refractivity contribution in [3.05, 3.63) is 72.1 Å². The Bertz CT molecular complexity index is 990. The van der Waals surface area contributed by atoms with E-state index in [1.807, 2.05) is 24.3 Å². The number of aromatic nitrogens is 2. The van der Waals surface area contributed by atoms with Crippen LogP contribution in [0.2, 0.25) is 0 Å². The minimum absolute atomic E-state index is 0.0160. The minimum Gasteiger partial charge on any atom is -0.486 e. The predicted molar refractivity (Wildman–Crippen MR) is 92.9 cm³/mol. The van der Waals surface area contributed by atoms with Crippen LogP contribution in [0.15, 0.2) is 54.9 Å². The van der Waals surface area contributed by atoms with Gasteiger partial charge < -0.3 is 14.8 Å². The molecule has 4 rings (SSSR count). The number of ether oxygens (including phenoxy) is 2. The number of anilines is 1. The molecule has 1 aromatic heterocycles. The van der Waals surface area contributed by atoms with E-state index in [0.717, 1.165) is 12.1 Å². The molecule has 1 N–H and O–H groups in total. The third kappa shape index (κ3) is 3.74. The van der Waals surface area contributed by atoms with Crippen LogP contribution in [0, 0.1) is 11.6 Å². The number of rotatable bonds is 4. The summed E-state index contributed by atoms with van der Waals surface area (Å²) in [4.78, 5) is 12.1. The van der Waals surface area contributed by atoms with Gasteiger partial charge >= 0.3 is 0 Å². The molecule has 0 radical (unpaired) electrons. The molecule has 27 heavy (non-hydrogen) atoms. The number of fused-ring (bicyclic) bond motifs is 1. The number of nitrogens with zero attached hydrogens (tertiary/aromatic N) is 2. The first-order chi connectivity index (χ1) is 13.1. The third-order valence-electron chi connectivity index (χ3n) is 4.03. The summed E-state index contributed by atoms with van der Waals surface area (Å²) in [5, 5.41) is 6.77. The lowest BCUT2D eigenvalue weighted by Gasteiger charge is -2.26. The fourth-order valence-electron chi connectivity index (χ4n) is 2.73. The second-order valence-electron chi connectivity index (χ2n) is 6.03. The Morgan fingerprint density at radius 2 is 2.00 bits per heavy atom. The van der Waals surface area contributed by atoms with Crippen LogP contribution in [0.25, 0.3) is 0 Å². The number of carbonyl (C=O) groups excluding carboxylic acids is 1. The van der Waals surface area contributed by atoms with Crippen LogP contribution in [-0.4, -0.2) is 28.4 Å². The Hall–Kier alpha value is -3.42. The summed E-state index contributed by atoms with van der Waals surface area (Å²) in [5.74, 6) is -1.26. The maximum Gasteiger partial charge on any atom is 0.255 e. The molecular formula is C19H15F2N3O3.